The second-order valence-electron chi connectivity index (χ2n) is 6.56. The minimum absolute atomic E-state index is 0.0221. The van der Waals surface area contributed by atoms with Crippen LogP contribution in [0.2, 0.25) is 0 Å². The average molecular weight is 311 g/mol. The van der Waals surface area contributed by atoms with E-state index in [4.69, 9.17) is 0 Å². The second-order valence-corrected chi connectivity index (χ2v) is 8.79. The first-order chi connectivity index (χ1) is 9.96. The van der Waals surface area contributed by atoms with Crippen LogP contribution in [0.1, 0.15) is 48.7 Å². The van der Waals surface area contributed by atoms with Crippen LogP contribution >= 0.6 is 0 Å². The standard InChI is InChI=1S/C15H25N3O2S/c1-11-15(9-16-7-5-13-3-4-13)12(2)18(17-11)14-6-8-21(19,20)10-14/h13-14,16H,3-10H2,1-2H3. The lowest BCUT2D eigenvalue weighted by Crippen LogP contribution is -2.17. The number of nitrogens with one attached hydrogen (secondary N) is 1. The Kier molecular flexibility index (Phi) is 4.10. The molecule has 0 aromatic carbocycles. The molecule has 1 N–H and O–H groups in total. The summed E-state index contributed by atoms with van der Waals surface area (Å²) in [5.41, 5.74) is 3.37. The molecule has 1 atom stereocenters. The highest BCUT2D eigenvalue weighted by Crippen LogP contribution is 2.31. The number of aromatic nitrogens is 2. The number of hydrogen-bond donors (Lipinski definition) is 1. The van der Waals surface area contributed by atoms with Crippen LogP contribution in [0.4, 0.5) is 0 Å². The first-order valence-electron chi connectivity index (χ1n) is 7.92. The molecule has 0 amide bonds. The van der Waals surface area contributed by atoms with Crippen molar-refractivity contribution in [3.8, 4) is 0 Å². The van der Waals surface area contributed by atoms with Gasteiger partial charge >= 0.3 is 0 Å². The van der Waals surface area contributed by atoms with Gasteiger partial charge < -0.3 is 5.32 Å². The predicted molar refractivity (Wildman–Crippen MR) is 83.1 cm³/mol. The number of rotatable bonds is 6. The third-order valence-electron chi connectivity index (χ3n) is 4.76. The molecule has 0 radical (unpaired) electrons. The summed E-state index contributed by atoms with van der Waals surface area (Å²) in [6.45, 7) is 5.98. The summed E-state index contributed by atoms with van der Waals surface area (Å²) >= 11 is 0. The van der Waals surface area contributed by atoms with Crippen molar-refractivity contribution in [1.82, 2.24) is 15.1 Å². The van der Waals surface area contributed by atoms with Gasteiger partial charge in [0.1, 0.15) is 0 Å². The van der Waals surface area contributed by atoms with Crippen molar-refractivity contribution in [3.05, 3.63) is 17.0 Å². The molecule has 1 aliphatic carbocycles. The third kappa shape index (κ3) is 3.48. The monoisotopic (exact) mass is 311 g/mol. The van der Waals surface area contributed by atoms with E-state index in [1.807, 2.05) is 11.6 Å². The van der Waals surface area contributed by atoms with Gasteiger partial charge in [0.2, 0.25) is 0 Å². The molecule has 0 spiro atoms. The first-order valence-corrected chi connectivity index (χ1v) is 9.74. The maximum Gasteiger partial charge on any atom is 0.152 e. The summed E-state index contributed by atoms with van der Waals surface area (Å²) in [7, 11) is -2.86. The molecule has 1 unspecified atom stereocenters. The highest BCUT2D eigenvalue weighted by atomic mass is 32.2. The van der Waals surface area contributed by atoms with Crippen LogP contribution in [0, 0.1) is 19.8 Å². The maximum absolute atomic E-state index is 11.6. The van der Waals surface area contributed by atoms with E-state index in [0.717, 1.165) is 30.4 Å². The SMILES string of the molecule is Cc1nn(C2CCS(=O)(=O)C2)c(C)c1CNCCC1CC1. The number of aryl methyl sites for hydroxylation is 1. The Labute approximate surface area is 127 Å². The predicted octanol–water partition coefficient (Wildman–Crippen LogP) is 1.75. The van der Waals surface area contributed by atoms with E-state index in [2.05, 4.69) is 17.3 Å². The smallest absolute Gasteiger partial charge is 0.152 e. The zero-order valence-electron chi connectivity index (χ0n) is 12.9. The molecule has 1 saturated heterocycles. The van der Waals surface area contributed by atoms with Crippen molar-refractivity contribution in [2.45, 2.75) is 52.1 Å². The lowest BCUT2D eigenvalue weighted by molar-refractivity contribution is 0.485. The summed E-state index contributed by atoms with van der Waals surface area (Å²) < 4.78 is 25.2. The quantitative estimate of drug-likeness (QED) is 0.813. The molecule has 1 aliphatic heterocycles. The fraction of sp³-hybridized carbons (Fsp3) is 0.800. The summed E-state index contributed by atoms with van der Waals surface area (Å²) in [6.07, 6.45) is 4.76. The van der Waals surface area contributed by atoms with Crippen molar-refractivity contribution in [2.24, 2.45) is 5.92 Å². The minimum atomic E-state index is -2.86. The van der Waals surface area contributed by atoms with E-state index >= 15 is 0 Å². The lowest BCUT2D eigenvalue weighted by atomic mass is 10.2. The van der Waals surface area contributed by atoms with Gasteiger partial charge in [-0.2, -0.15) is 5.10 Å². The fourth-order valence-electron chi connectivity index (χ4n) is 3.20. The van der Waals surface area contributed by atoms with Gasteiger partial charge in [-0.05, 0) is 39.2 Å². The molecule has 1 aromatic heterocycles. The molecule has 21 heavy (non-hydrogen) atoms. The average Bonchev–Trinajstić information content (AvgIpc) is 3.11. The van der Waals surface area contributed by atoms with E-state index in [9.17, 15) is 8.42 Å². The molecule has 1 saturated carbocycles. The van der Waals surface area contributed by atoms with Crippen LogP contribution in [-0.2, 0) is 16.4 Å². The van der Waals surface area contributed by atoms with E-state index < -0.39 is 9.84 Å². The highest BCUT2D eigenvalue weighted by molar-refractivity contribution is 7.91. The van der Waals surface area contributed by atoms with Gasteiger partial charge in [-0.15, -0.1) is 0 Å². The van der Waals surface area contributed by atoms with Crippen molar-refractivity contribution in [3.63, 3.8) is 0 Å². The van der Waals surface area contributed by atoms with Gasteiger partial charge in [-0.25, -0.2) is 8.42 Å². The van der Waals surface area contributed by atoms with Crippen molar-refractivity contribution in [2.75, 3.05) is 18.1 Å². The van der Waals surface area contributed by atoms with Gasteiger partial charge in [0.15, 0.2) is 9.84 Å². The zero-order valence-corrected chi connectivity index (χ0v) is 13.7. The molecule has 0 bridgehead atoms. The third-order valence-corrected chi connectivity index (χ3v) is 6.51. The van der Waals surface area contributed by atoms with Gasteiger partial charge in [0, 0.05) is 17.8 Å². The Hall–Kier alpha value is -0.880. The van der Waals surface area contributed by atoms with E-state index in [1.165, 1.54) is 24.8 Å². The summed E-state index contributed by atoms with van der Waals surface area (Å²) in [6, 6.07) is 0.0221. The second kappa shape index (κ2) is 5.72. The minimum Gasteiger partial charge on any atom is -0.313 e. The highest BCUT2D eigenvalue weighted by Gasteiger charge is 2.31. The molecule has 2 aliphatic rings. The van der Waals surface area contributed by atoms with Crippen molar-refractivity contribution in [1.29, 1.82) is 0 Å². The summed E-state index contributed by atoms with van der Waals surface area (Å²) in [5.74, 6) is 1.49. The maximum atomic E-state index is 11.6. The zero-order chi connectivity index (χ0) is 15.0. The molecule has 2 fully saturated rings. The van der Waals surface area contributed by atoms with E-state index in [0.29, 0.717) is 12.2 Å². The molecular weight excluding hydrogens is 286 g/mol. The van der Waals surface area contributed by atoms with Gasteiger partial charge in [-0.1, -0.05) is 12.8 Å². The fourth-order valence-corrected chi connectivity index (χ4v) is 4.89. The molecule has 2 heterocycles. The Morgan fingerprint density at radius 2 is 2.05 bits per heavy atom. The number of hydrogen-bond acceptors (Lipinski definition) is 4. The van der Waals surface area contributed by atoms with Gasteiger partial charge in [0.25, 0.3) is 0 Å². The lowest BCUT2D eigenvalue weighted by Gasteiger charge is -2.11. The van der Waals surface area contributed by atoms with Crippen LogP contribution in [0.5, 0.6) is 0 Å². The first kappa shape index (κ1) is 15.0. The molecular formula is C15H25N3O2S. The van der Waals surface area contributed by atoms with Crippen LogP contribution < -0.4 is 5.32 Å². The Morgan fingerprint density at radius 3 is 2.67 bits per heavy atom. The van der Waals surface area contributed by atoms with E-state index in [-0.39, 0.29) is 11.8 Å². The Bertz CT molecular complexity index is 617. The van der Waals surface area contributed by atoms with Crippen molar-refractivity contribution < 1.29 is 8.42 Å². The molecule has 1 aromatic rings. The molecule has 5 nitrogen and oxygen atoms in total. The molecule has 6 heteroatoms. The van der Waals surface area contributed by atoms with Crippen LogP contribution in [0.15, 0.2) is 0 Å². The summed E-state index contributed by atoms with van der Waals surface area (Å²) in [5, 5.41) is 8.10. The molecule has 118 valence electrons. The van der Waals surface area contributed by atoms with Crippen molar-refractivity contribution >= 4 is 9.84 Å². The number of sulfone groups is 1. The van der Waals surface area contributed by atoms with Crippen LogP contribution in [0.25, 0.3) is 0 Å². The van der Waals surface area contributed by atoms with E-state index in [1.54, 1.807) is 0 Å². The Balaban J connectivity index is 1.64. The molecule has 3 rings (SSSR count). The topological polar surface area (TPSA) is 64.0 Å². The van der Waals surface area contributed by atoms with Gasteiger partial charge in [-0.3, -0.25) is 4.68 Å². The van der Waals surface area contributed by atoms with Gasteiger partial charge in [0.05, 0.1) is 23.2 Å². The van der Waals surface area contributed by atoms with Crippen LogP contribution in [-0.4, -0.2) is 36.2 Å². The number of nitrogens with zero attached hydrogens (tertiary/aromatic N) is 2. The Morgan fingerprint density at radius 1 is 1.29 bits per heavy atom. The largest absolute Gasteiger partial charge is 0.313 e. The normalized spacial score (nSPS) is 24.6. The van der Waals surface area contributed by atoms with Crippen LogP contribution in [0.3, 0.4) is 0 Å². The summed E-state index contributed by atoms with van der Waals surface area (Å²) in [4.78, 5) is 0.